The topological polar surface area (TPSA) is 75.4 Å². The standard InChI is InChI=1S/C25H35N3O3/c1-2-3-4-5-6-7-10-15-27-18-13-14-19(27)17-20(16-18)28-22-12-9-8-11-21(22)26-23(24(28)29)25(30)31/h8-9,11-12,18-20H,2-7,10,13-17H2,1H3,(H,30,31)/t18-,19+,20+. The Labute approximate surface area is 184 Å². The predicted molar refractivity (Wildman–Crippen MR) is 123 cm³/mol. The van der Waals surface area contributed by atoms with E-state index in [1.54, 1.807) is 10.6 Å². The first-order chi connectivity index (χ1) is 15.1. The summed E-state index contributed by atoms with van der Waals surface area (Å²) in [6.07, 6.45) is 13.5. The van der Waals surface area contributed by atoms with E-state index in [-0.39, 0.29) is 11.7 Å². The first-order valence-electron chi connectivity index (χ1n) is 12.1. The predicted octanol–water partition coefficient (Wildman–Crippen LogP) is 5.01. The minimum Gasteiger partial charge on any atom is -0.476 e. The highest BCUT2D eigenvalue weighted by Crippen LogP contribution is 2.41. The summed E-state index contributed by atoms with van der Waals surface area (Å²) in [5, 5.41) is 9.51. The van der Waals surface area contributed by atoms with E-state index < -0.39 is 11.5 Å². The molecular formula is C25H35N3O3. The molecule has 31 heavy (non-hydrogen) atoms. The molecule has 0 amide bonds. The molecule has 168 valence electrons. The van der Waals surface area contributed by atoms with Gasteiger partial charge in [-0.25, -0.2) is 9.78 Å². The number of para-hydroxylation sites is 2. The molecular weight excluding hydrogens is 390 g/mol. The molecule has 2 bridgehead atoms. The Kier molecular flexibility index (Phi) is 7.06. The zero-order valence-electron chi connectivity index (χ0n) is 18.6. The number of aromatic nitrogens is 2. The van der Waals surface area contributed by atoms with E-state index in [1.807, 2.05) is 18.2 Å². The van der Waals surface area contributed by atoms with Gasteiger partial charge < -0.3 is 9.67 Å². The molecule has 1 N–H and O–H groups in total. The van der Waals surface area contributed by atoms with E-state index >= 15 is 0 Å². The SMILES string of the molecule is CCCCCCCCCN1[C@@H]2CC[C@H]1C[C@@H](n1c(=O)c(C(=O)O)nc3ccccc31)C2. The molecule has 2 aliphatic heterocycles. The molecule has 3 atom stereocenters. The summed E-state index contributed by atoms with van der Waals surface area (Å²) in [7, 11) is 0. The molecule has 1 aromatic heterocycles. The van der Waals surface area contributed by atoms with Crippen molar-refractivity contribution in [3.8, 4) is 0 Å². The Morgan fingerprint density at radius 2 is 1.65 bits per heavy atom. The maximum absolute atomic E-state index is 13.1. The number of hydrogen-bond acceptors (Lipinski definition) is 4. The maximum Gasteiger partial charge on any atom is 0.360 e. The van der Waals surface area contributed by atoms with Crippen molar-refractivity contribution in [2.24, 2.45) is 0 Å². The summed E-state index contributed by atoms with van der Waals surface area (Å²) < 4.78 is 1.74. The number of piperidine rings is 1. The summed E-state index contributed by atoms with van der Waals surface area (Å²) in [4.78, 5) is 31.5. The van der Waals surface area contributed by atoms with Crippen LogP contribution in [-0.2, 0) is 0 Å². The Balaban J connectivity index is 1.46. The molecule has 2 aliphatic rings. The van der Waals surface area contributed by atoms with Crippen molar-refractivity contribution in [1.82, 2.24) is 14.5 Å². The van der Waals surface area contributed by atoms with Crippen molar-refractivity contribution in [1.29, 1.82) is 0 Å². The zero-order chi connectivity index (χ0) is 21.8. The Hall–Kier alpha value is -2.21. The summed E-state index contributed by atoms with van der Waals surface area (Å²) in [6, 6.07) is 8.45. The molecule has 2 saturated heterocycles. The van der Waals surface area contributed by atoms with E-state index in [9.17, 15) is 14.7 Å². The van der Waals surface area contributed by atoms with Crippen LogP contribution in [0.5, 0.6) is 0 Å². The number of aromatic carboxylic acids is 1. The minimum atomic E-state index is -1.25. The van der Waals surface area contributed by atoms with Crippen LogP contribution in [0.25, 0.3) is 11.0 Å². The number of unbranched alkanes of at least 4 members (excludes halogenated alkanes) is 6. The monoisotopic (exact) mass is 425 g/mol. The van der Waals surface area contributed by atoms with E-state index in [0.717, 1.165) is 24.9 Å². The molecule has 2 fully saturated rings. The van der Waals surface area contributed by atoms with Gasteiger partial charge in [0.15, 0.2) is 0 Å². The third-order valence-corrected chi connectivity index (χ3v) is 7.24. The fraction of sp³-hybridized carbons (Fsp3) is 0.640. The lowest BCUT2D eigenvalue weighted by atomic mass is 9.96. The van der Waals surface area contributed by atoms with Crippen LogP contribution in [0, 0.1) is 0 Å². The van der Waals surface area contributed by atoms with Crippen molar-refractivity contribution < 1.29 is 9.90 Å². The van der Waals surface area contributed by atoms with Gasteiger partial charge in [0.2, 0.25) is 5.69 Å². The Morgan fingerprint density at radius 3 is 2.32 bits per heavy atom. The number of carboxylic acid groups (broad SMARTS) is 1. The summed E-state index contributed by atoms with van der Waals surface area (Å²) in [5.74, 6) is -1.25. The minimum absolute atomic E-state index is 0.0429. The van der Waals surface area contributed by atoms with Crippen molar-refractivity contribution in [3.63, 3.8) is 0 Å². The van der Waals surface area contributed by atoms with Gasteiger partial charge in [0.05, 0.1) is 11.0 Å². The summed E-state index contributed by atoms with van der Waals surface area (Å²) in [5.41, 5.74) is 0.507. The fourth-order valence-corrected chi connectivity index (χ4v) is 5.73. The average molecular weight is 426 g/mol. The van der Waals surface area contributed by atoms with Gasteiger partial charge in [-0.1, -0.05) is 57.6 Å². The lowest BCUT2D eigenvalue weighted by Gasteiger charge is -2.40. The van der Waals surface area contributed by atoms with E-state index in [1.165, 1.54) is 57.8 Å². The maximum atomic E-state index is 13.1. The first kappa shape index (κ1) is 22.0. The number of carbonyl (C=O) groups is 1. The van der Waals surface area contributed by atoms with Crippen LogP contribution in [0.4, 0.5) is 0 Å². The van der Waals surface area contributed by atoms with Crippen LogP contribution in [0.2, 0.25) is 0 Å². The van der Waals surface area contributed by atoms with Crippen LogP contribution in [-0.4, -0.2) is 44.2 Å². The Morgan fingerprint density at radius 1 is 1.00 bits per heavy atom. The highest BCUT2D eigenvalue weighted by molar-refractivity contribution is 5.88. The smallest absolute Gasteiger partial charge is 0.360 e. The molecule has 0 unspecified atom stereocenters. The van der Waals surface area contributed by atoms with Crippen LogP contribution in [0.1, 0.15) is 94.1 Å². The van der Waals surface area contributed by atoms with Gasteiger partial charge in [-0.2, -0.15) is 0 Å². The lowest BCUT2D eigenvalue weighted by Crippen LogP contribution is -2.45. The number of benzene rings is 1. The second kappa shape index (κ2) is 9.94. The molecule has 0 spiro atoms. The van der Waals surface area contributed by atoms with Crippen LogP contribution in [0.3, 0.4) is 0 Å². The molecule has 3 heterocycles. The van der Waals surface area contributed by atoms with E-state index in [0.29, 0.717) is 17.6 Å². The third kappa shape index (κ3) is 4.69. The molecule has 2 aromatic rings. The van der Waals surface area contributed by atoms with Gasteiger partial charge in [-0.15, -0.1) is 0 Å². The number of rotatable bonds is 10. The number of hydrogen-bond donors (Lipinski definition) is 1. The molecule has 1 aromatic carbocycles. The van der Waals surface area contributed by atoms with Gasteiger partial charge in [-0.3, -0.25) is 9.69 Å². The van der Waals surface area contributed by atoms with Gasteiger partial charge in [-0.05, 0) is 50.8 Å². The molecule has 0 radical (unpaired) electrons. The van der Waals surface area contributed by atoms with E-state index in [2.05, 4.69) is 16.8 Å². The summed E-state index contributed by atoms with van der Waals surface area (Å²) >= 11 is 0. The number of carboxylic acids is 1. The number of fused-ring (bicyclic) bond motifs is 3. The second-order valence-electron chi connectivity index (χ2n) is 9.30. The van der Waals surface area contributed by atoms with Gasteiger partial charge in [0, 0.05) is 18.1 Å². The average Bonchev–Trinajstić information content (AvgIpc) is 2.99. The van der Waals surface area contributed by atoms with Gasteiger partial charge in [0.1, 0.15) is 0 Å². The van der Waals surface area contributed by atoms with Crippen molar-refractivity contribution in [2.75, 3.05) is 6.54 Å². The van der Waals surface area contributed by atoms with E-state index in [4.69, 9.17) is 0 Å². The second-order valence-corrected chi connectivity index (χ2v) is 9.30. The third-order valence-electron chi connectivity index (χ3n) is 7.24. The van der Waals surface area contributed by atoms with Crippen molar-refractivity contribution in [3.05, 3.63) is 40.3 Å². The first-order valence-corrected chi connectivity index (χ1v) is 12.1. The molecule has 6 heteroatoms. The van der Waals surface area contributed by atoms with Gasteiger partial charge >= 0.3 is 5.97 Å². The Bertz CT molecular complexity index is 956. The molecule has 6 nitrogen and oxygen atoms in total. The van der Waals surface area contributed by atoms with Crippen molar-refractivity contribution in [2.45, 2.75) is 95.7 Å². The highest BCUT2D eigenvalue weighted by Gasteiger charge is 2.41. The van der Waals surface area contributed by atoms with Crippen LogP contribution in [0.15, 0.2) is 29.1 Å². The zero-order valence-corrected chi connectivity index (χ0v) is 18.6. The lowest BCUT2D eigenvalue weighted by molar-refractivity contribution is 0.0686. The van der Waals surface area contributed by atoms with Gasteiger partial charge in [0.25, 0.3) is 5.56 Å². The number of nitrogens with zero attached hydrogens (tertiary/aromatic N) is 3. The normalized spacial score (nSPS) is 23.5. The fourth-order valence-electron chi connectivity index (χ4n) is 5.73. The summed E-state index contributed by atoms with van der Waals surface area (Å²) in [6.45, 7) is 3.41. The molecule has 0 aliphatic carbocycles. The molecule has 0 saturated carbocycles. The molecule has 4 rings (SSSR count). The van der Waals surface area contributed by atoms with Crippen molar-refractivity contribution >= 4 is 17.0 Å². The largest absolute Gasteiger partial charge is 0.476 e. The van der Waals surface area contributed by atoms with Crippen LogP contribution >= 0.6 is 0 Å². The van der Waals surface area contributed by atoms with Crippen LogP contribution < -0.4 is 5.56 Å². The highest BCUT2D eigenvalue weighted by atomic mass is 16.4. The quantitative estimate of drug-likeness (QED) is 0.541.